The van der Waals surface area contributed by atoms with Crippen molar-refractivity contribution < 1.29 is 5.11 Å². The minimum atomic E-state index is -0.290. The van der Waals surface area contributed by atoms with Gasteiger partial charge in [-0.2, -0.15) is 0 Å². The molecule has 0 aliphatic heterocycles. The fraction of sp³-hybridized carbons (Fsp3) is 0.438. The molecule has 1 aromatic heterocycles. The first kappa shape index (κ1) is 13.8. The molecule has 3 heteroatoms. The molecule has 2 aromatic rings. The number of aromatic nitrogens is 1. The normalized spacial score (nSPS) is 12.6. The van der Waals surface area contributed by atoms with Crippen LogP contribution in [0.25, 0.3) is 10.9 Å². The van der Waals surface area contributed by atoms with E-state index < -0.39 is 0 Å². The maximum atomic E-state index is 9.83. The van der Waals surface area contributed by atoms with Gasteiger partial charge in [0.25, 0.3) is 0 Å². The molecule has 0 fully saturated rings. The van der Waals surface area contributed by atoms with Gasteiger partial charge in [-0.05, 0) is 25.0 Å². The molecule has 1 unspecified atom stereocenters. The van der Waals surface area contributed by atoms with Crippen LogP contribution in [0.2, 0.25) is 0 Å². The molecular weight excluding hydrogens is 236 g/mol. The van der Waals surface area contributed by atoms with E-state index in [2.05, 4.69) is 36.3 Å². The van der Waals surface area contributed by atoms with Crippen LogP contribution in [0.4, 0.5) is 5.69 Å². The molecule has 0 saturated heterocycles. The Balaban J connectivity index is 2.25. The molecule has 0 bridgehead atoms. The van der Waals surface area contributed by atoms with E-state index in [-0.39, 0.29) is 6.10 Å². The summed E-state index contributed by atoms with van der Waals surface area (Å²) in [5.74, 6) is 0. The molecule has 0 amide bonds. The van der Waals surface area contributed by atoms with Crippen LogP contribution in [0, 0.1) is 0 Å². The lowest BCUT2D eigenvalue weighted by Crippen LogP contribution is -2.19. The predicted molar refractivity (Wildman–Crippen MR) is 80.5 cm³/mol. The van der Waals surface area contributed by atoms with Gasteiger partial charge in [0.2, 0.25) is 0 Å². The Bertz CT molecular complexity index is 539. The Hall–Kier alpha value is -1.61. The zero-order valence-corrected chi connectivity index (χ0v) is 11.7. The highest BCUT2D eigenvalue weighted by molar-refractivity contribution is 5.91. The third-order valence-electron chi connectivity index (χ3n) is 3.28. The molecule has 19 heavy (non-hydrogen) atoms. The number of anilines is 1. The third kappa shape index (κ3) is 3.44. The summed E-state index contributed by atoms with van der Waals surface area (Å²) in [4.78, 5) is 4.62. The largest absolute Gasteiger partial charge is 0.391 e. The fourth-order valence-corrected chi connectivity index (χ4v) is 2.22. The van der Waals surface area contributed by atoms with Gasteiger partial charge in [0.05, 0.1) is 11.6 Å². The van der Waals surface area contributed by atoms with Crippen LogP contribution in [0.15, 0.2) is 30.3 Å². The van der Waals surface area contributed by atoms with Gasteiger partial charge in [-0.1, -0.05) is 38.5 Å². The molecule has 1 aromatic carbocycles. The molecule has 2 rings (SSSR count). The van der Waals surface area contributed by atoms with Gasteiger partial charge in [0, 0.05) is 23.3 Å². The highest BCUT2D eigenvalue weighted by Crippen LogP contribution is 2.23. The van der Waals surface area contributed by atoms with Crippen molar-refractivity contribution in [3.05, 3.63) is 36.0 Å². The minimum absolute atomic E-state index is 0.290. The van der Waals surface area contributed by atoms with Crippen LogP contribution in [0.3, 0.4) is 0 Å². The molecule has 1 heterocycles. The molecular formula is C16H22N2O. The summed E-state index contributed by atoms with van der Waals surface area (Å²) in [6.07, 6.45) is 2.45. The van der Waals surface area contributed by atoms with Crippen molar-refractivity contribution in [2.24, 2.45) is 0 Å². The summed E-state index contributed by atoms with van der Waals surface area (Å²) in [5, 5.41) is 14.3. The number of fused-ring (bicyclic) bond motifs is 1. The smallest absolute Gasteiger partial charge is 0.0726 e. The van der Waals surface area contributed by atoms with Crippen molar-refractivity contribution in [2.75, 3.05) is 11.9 Å². The second kappa shape index (κ2) is 6.53. The van der Waals surface area contributed by atoms with Crippen LogP contribution < -0.4 is 5.32 Å². The highest BCUT2D eigenvalue weighted by atomic mass is 16.3. The number of aryl methyl sites for hydroxylation is 1. The van der Waals surface area contributed by atoms with E-state index in [1.54, 1.807) is 0 Å². The number of rotatable bonds is 6. The Morgan fingerprint density at radius 2 is 2.05 bits per heavy atom. The van der Waals surface area contributed by atoms with Gasteiger partial charge in [-0.3, -0.25) is 4.98 Å². The molecule has 0 spiro atoms. The summed E-state index contributed by atoms with van der Waals surface area (Å²) in [6.45, 7) is 4.78. The topological polar surface area (TPSA) is 45.1 Å². The van der Waals surface area contributed by atoms with E-state index in [4.69, 9.17) is 0 Å². The second-order valence-electron chi connectivity index (χ2n) is 4.86. The van der Waals surface area contributed by atoms with Gasteiger partial charge < -0.3 is 10.4 Å². The van der Waals surface area contributed by atoms with Crippen LogP contribution in [0.5, 0.6) is 0 Å². The quantitative estimate of drug-likeness (QED) is 0.835. The van der Waals surface area contributed by atoms with E-state index in [1.807, 2.05) is 18.2 Å². The van der Waals surface area contributed by atoms with Gasteiger partial charge >= 0.3 is 0 Å². The lowest BCUT2D eigenvalue weighted by atomic mass is 10.1. The Kier molecular flexibility index (Phi) is 4.74. The standard InChI is InChI=1S/C16H22N2O/c1-3-7-13(19)11-17-16-10-12(4-2)18-15-9-6-5-8-14(15)16/h5-6,8-10,13,19H,3-4,7,11H2,1-2H3,(H,17,18). The summed E-state index contributed by atoms with van der Waals surface area (Å²) in [7, 11) is 0. The fourth-order valence-electron chi connectivity index (χ4n) is 2.22. The first-order chi connectivity index (χ1) is 9.24. The Morgan fingerprint density at radius 3 is 2.79 bits per heavy atom. The number of aliphatic hydroxyl groups excluding tert-OH is 1. The van der Waals surface area contributed by atoms with E-state index in [0.717, 1.165) is 41.5 Å². The van der Waals surface area contributed by atoms with Crippen molar-refractivity contribution in [3.63, 3.8) is 0 Å². The third-order valence-corrected chi connectivity index (χ3v) is 3.28. The van der Waals surface area contributed by atoms with E-state index >= 15 is 0 Å². The van der Waals surface area contributed by atoms with Crippen LogP contribution in [-0.2, 0) is 6.42 Å². The first-order valence-corrected chi connectivity index (χ1v) is 7.05. The average molecular weight is 258 g/mol. The number of nitrogens with zero attached hydrogens (tertiary/aromatic N) is 1. The summed E-state index contributed by atoms with van der Waals surface area (Å²) in [5.41, 5.74) is 3.15. The predicted octanol–water partition coefficient (Wildman–Crippen LogP) is 3.37. The van der Waals surface area contributed by atoms with Crippen molar-refractivity contribution >= 4 is 16.6 Å². The number of pyridine rings is 1. The van der Waals surface area contributed by atoms with Crippen LogP contribution in [0.1, 0.15) is 32.4 Å². The van der Waals surface area contributed by atoms with Gasteiger partial charge in [0.15, 0.2) is 0 Å². The van der Waals surface area contributed by atoms with Crippen molar-refractivity contribution in [3.8, 4) is 0 Å². The molecule has 0 aliphatic rings. The van der Waals surface area contributed by atoms with E-state index in [9.17, 15) is 5.11 Å². The zero-order valence-electron chi connectivity index (χ0n) is 11.7. The first-order valence-electron chi connectivity index (χ1n) is 7.05. The molecule has 3 nitrogen and oxygen atoms in total. The number of hydrogen-bond donors (Lipinski definition) is 2. The minimum Gasteiger partial charge on any atom is -0.391 e. The Labute approximate surface area is 114 Å². The monoisotopic (exact) mass is 258 g/mol. The molecule has 0 saturated carbocycles. The molecule has 0 radical (unpaired) electrons. The van der Waals surface area contributed by atoms with Gasteiger partial charge in [-0.15, -0.1) is 0 Å². The number of para-hydroxylation sites is 1. The SMILES string of the molecule is CCCC(O)CNc1cc(CC)nc2ccccc12. The van der Waals surface area contributed by atoms with Crippen molar-refractivity contribution in [1.82, 2.24) is 4.98 Å². The van der Waals surface area contributed by atoms with E-state index in [1.165, 1.54) is 0 Å². The summed E-state index contributed by atoms with van der Waals surface area (Å²) in [6, 6.07) is 10.2. The summed E-state index contributed by atoms with van der Waals surface area (Å²) < 4.78 is 0. The molecule has 102 valence electrons. The van der Waals surface area contributed by atoms with Gasteiger partial charge in [-0.25, -0.2) is 0 Å². The number of nitrogens with one attached hydrogen (secondary N) is 1. The van der Waals surface area contributed by atoms with Crippen molar-refractivity contribution in [2.45, 2.75) is 39.2 Å². The van der Waals surface area contributed by atoms with Crippen LogP contribution >= 0.6 is 0 Å². The average Bonchev–Trinajstić information content (AvgIpc) is 2.44. The van der Waals surface area contributed by atoms with Gasteiger partial charge in [0.1, 0.15) is 0 Å². The van der Waals surface area contributed by atoms with Crippen molar-refractivity contribution in [1.29, 1.82) is 0 Å². The number of aliphatic hydroxyl groups is 1. The number of hydrogen-bond acceptors (Lipinski definition) is 3. The second-order valence-corrected chi connectivity index (χ2v) is 4.86. The molecule has 2 N–H and O–H groups in total. The lowest BCUT2D eigenvalue weighted by molar-refractivity contribution is 0.176. The Morgan fingerprint density at radius 1 is 1.26 bits per heavy atom. The van der Waals surface area contributed by atoms with E-state index in [0.29, 0.717) is 6.54 Å². The summed E-state index contributed by atoms with van der Waals surface area (Å²) >= 11 is 0. The lowest BCUT2D eigenvalue weighted by Gasteiger charge is -2.14. The zero-order chi connectivity index (χ0) is 13.7. The number of benzene rings is 1. The maximum absolute atomic E-state index is 9.83. The molecule has 0 aliphatic carbocycles. The molecule has 1 atom stereocenters. The highest BCUT2D eigenvalue weighted by Gasteiger charge is 2.07. The maximum Gasteiger partial charge on any atom is 0.0726 e. The van der Waals surface area contributed by atoms with Crippen LogP contribution in [-0.4, -0.2) is 22.7 Å².